The molecular formula is C14H23NO2. The van der Waals surface area contributed by atoms with E-state index in [0.717, 1.165) is 29.9 Å². The van der Waals surface area contributed by atoms with Crippen LogP contribution in [0.3, 0.4) is 0 Å². The highest BCUT2D eigenvalue weighted by molar-refractivity contribution is 5.12. The maximum absolute atomic E-state index is 5.49. The van der Waals surface area contributed by atoms with Crippen molar-refractivity contribution in [3.05, 3.63) is 35.8 Å². The van der Waals surface area contributed by atoms with Crippen LogP contribution in [0.5, 0.6) is 0 Å². The molecule has 1 N–H and O–H groups in total. The van der Waals surface area contributed by atoms with Crippen molar-refractivity contribution in [1.82, 2.24) is 5.32 Å². The first kappa shape index (κ1) is 14.0. The second kappa shape index (κ2) is 7.30. The minimum Gasteiger partial charge on any atom is -0.467 e. The lowest BCUT2D eigenvalue weighted by Gasteiger charge is -2.04. The average molecular weight is 237 g/mol. The fourth-order valence-electron chi connectivity index (χ4n) is 1.34. The Hall–Kier alpha value is -1.06. The lowest BCUT2D eigenvalue weighted by molar-refractivity contribution is 0.109. The monoisotopic (exact) mass is 237 g/mol. The van der Waals surface area contributed by atoms with Gasteiger partial charge in [0.25, 0.3) is 0 Å². The quantitative estimate of drug-likeness (QED) is 0.556. The highest BCUT2D eigenvalue weighted by Crippen LogP contribution is 2.09. The summed E-state index contributed by atoms with van der Waals surface area (Å²) in [4.78, 5) is 0. The van der Waals surface area contributed by atoms with Gasteiger partial charge in [0.2, 0.25) is 0 Å². The Bertz CT molecular complexity index is 342. The summed E-state index contributed by atoms with van der Waals surface area (Å²) in [7, 11) is 0. The summed E-state index contributed by atoms with van der Waals surface area (Å²) in [6.45, 7) is 12.2. The number of nitrogens with one attached hydrogen (secondary N) is 1. The van der Waals surface area contributed by atoms with Gasteiger partial charge in [-0.1, -0.05) is 19.4 Å². The molecular weight excluding hydrogens is 214 g/mol. The van der Waals surface area contributed by atoms with Gasteiger partial charge in [-0.2, -0.15) is 0 Å². The Morgan fingerprint density at radius 2 is 2.29 bits per heavy atom. The van der Waals surface area contributed by atoms with Gasteiger partial charge in [-0.3, -0.25) is 0 Å². The second-order valence-electron chi connectivity index (χ2n) is 4.72. The first-order valence-electron chi connectivity index (χ1n) is 6.09. The molecule has 0 aliphatic rings. The first-order chi connectivity index (χ1) is 8.08. The fourth-order valence-corrected chi connectivity index (χ4v) is 1.34. The van der Waals surface area contributed by atoms with E-state index in [0.29, 0.717) is 19.3 Å². The second-order valence-corrected chi connectivity index (χ2v) is 4.72. The minimum atomic E-state index is 0.486. The largest absolute Gasteiger partial charge is 0.467 e. The number of hydrogen-bond acceptors (Lipinski definition) is 3. The molecule has 3 heteroatoms. The van der Waals surface area contributed by atoms with E-state index in [1.807, 2.05) is 13.0 Å². The molecule has 0 bridgehead atoms. The lowest BCUT2D eigenvalue weighted by Crippen LogP contribution is -2.21. The smallest absolute Gasteiger partial charge is 0.129 e. The summed E-state index contributed by atoms with van der Waals surface area (Å²) < 4.78 is 10.9. The van der Waals surface area contributed by atoms with Crippen molar-refractivity contribution in [1.29, 1.82) is 0 Å². The van der Waals surface area contributed by atoms with Crippen molar-refractivity contribution >= 4 is 0 Å². The maximum Gasteiger partial charge on any atom is 0.129 e. The molecule has 1 aromatic heterocycles. The van der Waals surface area contributed by atoms with Crippen LogP contribution in [-0.4, -0.2) is 12.6 Å². The highest BCUT2D eigenvalue weighted by Gasteiger charge is 2.02. The van der Waals surface area contributed by atoms with Gasteiger partial charge < -0.3 is 14.5 Å². The number of rotatable bonds is 8. The highest BCUT2D eigenvalue weighted by atomic mass is 16.5. The van der Waals surface area contributed by atoms with Gasteiger partial charge in [0, 0.05) is 18.2 Å². The summed E-state index contributed by atoms with van der Waals surface area (Å²) >= 11 is 0. The molecule has 3 nitrogen and oxygen atoms in total. The third kappa shape index (κ3) is 6.29. The van der Waals surface area contributed by atoms with Crippen LogP contribution in [0.1, 0.15) is 38.5 Å². The molecule has 0 aliphatic carbocycles. The first-order valence-corrected chi connectivity index (χ1v) is 6.09. The van der Waals surface area contributed by atoms with E-state index in [1.54, 1.807) is 6.26 Å². The standard InChI is InChI=1S/C14H23NO2/c1-11(2)5-6-16-10-14-7-13(9-17-14)8-15-12(3)4/h7,9,12,15H,1,5-6,8,10H2,2-4H3. The molecule has 0 spiro atoms. The van der Waals surface area contributed by atoms with Crippen LogP contribution < -0.4 is 5.32 Å². The zero-order valence-corrected chi connectivity index (χ0v) is 11.1. The van der Waals surface area contributed by atoms with Gasteiger partial charge in [-0.25, -0.2) is 0 Å². The van der Waals surface area contributed by atoms with Crippen molar-refractivity contribution in [3.63, 3.8) is 0 Å². The van der Waals surface area contributed by atoms with Crippen LogP contribution in [0, 0.1) is 0 Å². The van der Waals surface area contributed by atoms with Crippen LogP contribution in [0.4, 0.5) is 0 Å². The Labute approximate surface area is 104 Å². The minimum absolute atomic E-state index is 0.486. The van der Waals surface area contributed by atoms with E-state index < -0.39 is 0 Å². The summed E-state index contributed by atoms with van der Waals surface area (Å²) in [6, 6.07) is 2.52. The molecule has 0 fully saturated rings. The van der Waals surface area contributed by atoms with Crippen molar-refractivity contribution in [3.8, 4) is 0 Å². The van der Waals surface area contributed by atoms with Gasteiger partial charge in [0.15, 0.2) is 0 Å². The Balaban J connectivity index is 2.23. The van der Waals surface area contributed by atoms with Crippen LogP contribution in [0.25, 0.3) is 0 Å². The van der Waals surface area contributed by atoms with E-state index >= 15 is 0 Å². The Morgan fingerprint density at radius 1 is 1.53 bits per heavy atom. The van der Waals surface area contributed by atoms with Gasteiger partial charge in [0.05, 0.1) is 12.9 Å². The predicted molar refractivity (Wildman–Crippen MR) is 69.8 cm³/mol. The molecule has 0 aliphatic heterocycles. The molecule has 0 amide bonds. The third-order valence-corrected chi connectivity index (χ3v) is 2.34. The number of hydrogen-bond donors (Lipinski definition) is 1. The summed E-state index contributed by atoms with van der Waals surface area (Å²) in [5, 5.41) is 3.34. The molecule has 0 saturated carbocycles. The Morgan fingerprint density at radius 3 is 2.94 bits per heavy atom. The van der Waals surface area contributed by atoms with E-state index in [1.165, 1.54) is 0 Å². The number of ether oxygens (including phenoxy) is 1. The molecule has 17 heavy (non-hydrogen) atoms. The van der Waals surface area contributed by atoms with E-state index in [-0.39, 0.29) is 0 Å². The zero-order chi connectivity index (χ0) is 12.7. The van der Waals surface area contributed by atoms with Crippen LogP contribution in [0.15, 0.2) is 28.9 Å². The normalized spacial score (nSPS) is 11.1. The zero-order valence-electron chi connectivity index (χ0n) is 11.1. The maximum atomic E-state index is 5.49. The van der Waals surface area contributed by atoms with Crippen molar-refractivity contribution in [2.75, 3.05) is 6.61 Å². The van der Waals surface area contributed by atoms with E-state index in [2.05, 4.69) is 25.7 Å². The van der Waals surface area contributed by atoms with Crippen molar-refractivity contribution < 1.29 is 9.15 Å². The van der Waals surface area contributed by atoms with Gasteiger partial charge in [0.1, 0.15) is 12.4 Å². The summed E-state index contributed by atoms with van der Waals surface area (Å²) in [5.41, 5.74) is 2.31. The fraction of sp³-hybridized carbons (Fsp3) is 0.571. The molecule has 0 saturated heterocycles. The van der Waals surface area contributed by atoms with Crippen molar-refractivity contribution in [2.45, 2.75) is 46.4 Å². The SMILES string of the molecule is C=C(C)CCOCc1cc(CNC(C)C)co1. The lowest BCUT2D eigenvalue weighted by atomic mass is 10.2. The van der Waals surface area contributed by atoms with Crippen LogP contribution in [0.2, 0.25) is 0 Å². The van der Waals surface area contributed by atoms with Crippen LogP contribution in [-0.2, 0) is 17.9 Å². The molecule has 1 heterocycles. The molecule has 96 valence electrons. The molecule has 0 atom stereocenters. The molecule has 0 radical (unpaired) electrons. The topological polar surface area (TPSA) is 34.4 Å². The third-order valence-electron chi connectivity index (χ3n) is 2.34. The van der Waals surface area contributed by atoms with Crippen molar-refractivity contribution in [2.24, 2.45) is 0 Å². The molecule has 1 aromatic rings. The van der Waals surface area contributed by atoms with Crippen LogP contribution >= 0.6 is 0 Å². The molecule has 1 rings (SSSR count). The summed E-state index contributed by atoms with van der Waals surface area (Å²) in [5.74, 6) is 0.882. The molecule has 0 aromatic carbocycles. The van der Waals surface area contributed by atoms with Gasteiger partial charge in [-0.15, -0.1) is 6.58 Å². The van der Waals surface area contributed by atoms with Gasteiger partial charge in [-0.05, 0) is 19.4 Å². The predicted octanol–water partition coefficient (Wildman–Crippen LogP) is 3.26. The van der Waals surface area contributed by atoms with E-state index in [4.69, 9.17) is 9.15 Å². The number of furan rings is 1. The molecule has 0 unspecified atom stereocenters. The Kier molecular flexibility index (Phi) is 6.01. The van der Waals surface area contributed by atoms with E-state index in [9.17, 15) is 0 Å². The summed E-state index contributed by atoms with van der Waals surface area (Å²) in [6.07, 6.45) is 2.69. The van der Waals surface area contributed by atoms with Gasteiger partial charge >= 0.3 is 0 Å². The average Bonchev–Trinajstić information content (AvgIpc) is 2.69.